The number of hydrogen-bond acceptors (Lipinski definition) is 4. The van der Waals surface area contributed by atoms with E-state index in [-0.39, 0.29) is 0 Å². The fourth-order valence-corrected chi connectivity index (χ4v) is 5.46. The third-order valence-electron chi connectivity index (χ3n) is 7.39. The summed E-state index contributed by atoms with van der Waals surface area (Å²) in [6.07, 6.45) is 5.91. The summed E-state index contributed by atoms with van der Waals surface area (Å²) in [5.41, 5.74) is 1.85. The monoisotopic (exact) mass is 328 g/mol. The lowest BCUT2D eigenvalue weighted by atomic mass is 9.45. The van der Waals surface area contributed by atoms with Gasteiger partial charge in [0.2, 0.25) is 0 Å². The van der Waals surface area contributed by atoms with Crippen LogP contribution in [0.15, 0.2) is 18.3 Å². The summed E-state index contributed by atoms with van der Waals surface area (Å²) < 4.78 is 0. The fourth-order valence-electron chi connectivity index (χ4n) is 5.46. The van der Waals surface area contributed by atoms with E-state index in [0.717, 1.165) is 36.7 Å². The van der Waals surface area contributed by atoms with E-state index in [4.69, 9.17) is 0 Å². The number of nitrogens with one attached hydrogen (secondary N) is 2. The van der Waals surface area contributed by atoms with Crippen molar-refractivity contribution in [2.45, 2.75) is 52.1 Å². The second-order valence-electron chi connectivity index (χ2n) is 8.83. The van der Waals surface area contributed by atoms with Crippen molar-refractivity contribution in [2.24, 2.45) is 23.2 Å². The number of hydrogen-bond donors (Lipinski definition) is 2. The standard InChI is InChI=1S/C20H32N4/c1-13-17-9-14(20(17,2)3)10-18(13)23-19-11-16(5-7-22-19)24-8-6-15(12-24)21-4/h5,7,11,13-15,17-18,21H,6,8-10,12H2,1-4H3,(H,22,23)/t13?,14-,15-,17+,18?/m0/s1. The molecule has 2 bridgehead atoms. The van der Waals surface area contributed by atoms with Crippen LogP contribution >= 0.6 is 0 Å². The van der Waals surface area contributed by atoms with Gasteiger partial charge >= 0.3 is 0 Å². The first-order chi connectivity index (χ1) is 11.5. The van der Waals surface area contributed by atoms with E-state index in [0.29, 0.717) is 17.5 Å². The first kappa shape index (κ1) is 16.2. The van der Waals surface area contributed by atoms with E-state index >= 15 is 0 Å². The largest absolute Gasteiger partial charge is 0.370 e. The maximum absolute atomic E-state index is 4.60. The number of fused-ring (bicyclic) bond motifs is 2. The lowest BCUT2D eigenvalue weighted by Crippen LogP contribution is -2.58. The molecule has 4 aliphatic rings. The van der Waals surface area contributed by atoms with Gasteiger partial charge in [-0.05, 0) is 55.5 Å². The third-order valence-corrected chi connectivity index (χ3v) is 7.39. The highest BCUT2D eigenvalue weighted by atomic mass is 15.2. The van der Waals surface area contributed by atoms with Crippen molar-refractivity contribution in [3.63, 3.8) is 0 Å². The molecule has 132 valence electrons. The highest BCUT2D eigenvalue weighted by Gasteiger charge is 2.56. The molecule has 0 amide bonds. The van der Waals surface area contributed by atoms with Gasteiger partial charge in [-0.1, -0.05) is 20.8 Å². The maximum atomic E-state index is 4.60. The van der Waals surface area contributed by atoms with Crippen LogP contribution in [-0.4, -0.2) is 37.2 Å². The molecule has 1 aromatic rings. The van der Waals surface area contributed by atoms with Gasteiger partial charge in [0.1, 0.15) is 5.82 Å². The Kier molecular flexibility index (Phi) is 3.98. The zero-order chi connectivity index (χ0) is 16.9. The molecule has 3 aliphatic carbocycles. The van der Waals surface area contributed by atoms with Crippen LogP contribution in [0.1, 0.15) is 40.0 Å². The van der Waals surface area contributed by atoms with E-state index in [9.17, 15) is 0 Å². The van der Waals surface area contributed by atoms with E-state index < -0.39 is 0 Å². The topological polar surface area (TPSA) is 40.2 Å². The zero-order valence-electron chi connectivity index (χ0n) is 15.5. The van der Waals surface area contributed by atoms with Crippen molar-refractivity contribution in [1.82, 2.24) is 10.3 Å². The van der Waals surface area contributed by atoms with Gasteiger partial charge in [-0.3, -0.25) is 0 Å². The molecule has 2 N–H and O–H groups in total. The highest BCUT2D eigenvalue weighted by Crippen LogP contribution is 2.61. The Hall–Kier alpha value is -1.29. The van der Waals surface area contributed by atoms with E-state index in [2.05, 4.69) is 60.5 Å². The number of aromatic nitrogens is 1. The Bertz CT molecular complexity index is 599. The Balaban J connectivity index is 1.44. The van der Waals surface area contributed by atoms with E-state index in [1.807, 2.05) is 6.20 Å². The Morgan fingerprint density at radius 1 is 1.29 bits per heavy atom. The van der Waals surface area contributed by atoms with Crippen molar-refractivity contribution < 1.29 is 0 Å². The van der Waals surface area contributed by atoms with Gasteiger partial charge in [0.05, 0.1) is 0 Å². The van der Waals surface area contributed by atoms with Gasteiger partial charge in [-0.15, -0.1) is 0 Å². The number of likely N-dealkylation sites (N-methyl/N-ethyl adjacent to an activating group) is 1. The normalized spacial score (nSPS) is 37.2. The molecule has 24 heavy (non-hydrogen) atoms. The molecule has 1 aliphatic heterocycles. The molecule has 2 heterocycles. The molecule has 4 nitrogen and oxygen atoms in total. The molecule has 0 aromatic carbocycles. The van der Waals surface area contributed by atoms with Gasteiger partial charge < -0.3 is 15.5 Å². The molecule has 5 rings (SSSR count). The molecule has 5 atom stereocenters. The molecular weight excluding hydrogens is 296 g/mol. The second kappa shape index (κ2) is 5.91. The van der Waals surface area contributed by atoms with Crippen LogP contribution in [0.4, 0.5) is 11.5 Å². The summed E-state index contributed by atoms with van der Waals surface area (Å²) in [5, 5.41) is 7.16. The number of nitrogens with zero attached hydrogens (tertiary/aromatic N) is 2. The Morgan fingerprint density at radius 3 is 2.79 bits per heavy atom. The molecule has 3 saturated carbocycles. The van der Waals surface area contributed by atoms with Crippen LogP contribution in [0.3, 0.4) is 0 Å². The molecule has 1 aromatic heterocycles. The van der Waals surface area contributed by atoms with E-state index in [1.165, 1.54) is 24.9 Å². The van der Waals surface area contributed by atoms with Gasteiger partial charge in [-0.2, -0.15) is 0 Å². The smallest absolute Gasteiger partial charge is 0.128 e. The van der Waals surface area contributed by atoms with Crippen molar-refractivity contribution in [1.29, 1.82) is 0 Å². The number of pyridine rings is 1. The summed E-state index contributed by atoms with van der Waals surface area (Å²) in [7, 11) is 2.06. The molecule has 2 unspecified atom stereocenters. The fraction of sp³-hybridized carbons (Fsp3) is 0.750. The molecule has 0 spiro atoms. The summed E-state index contributed by atoms with van der Waals surface area (Å²) in [6, 6.07) is 5.58. The first-order valence-corrected chi connectivity index (χ1v) is 9.64. The Labute approximate surface area is 146 Å². The highest BCUT2D eigenvalue weighted by molar-refractivity contribution is 5.55. The van der Waals surface area contributed by atoms with Gasteiger partial charge in [0.15, 0.2) is 0 Å². The van der Waals surface area contributed by atoms with Crippen LogP contribution in [-0.2, 0) is 0 Å². The predicted octanol–water partition coefficient (Wildman–Crippen LogP) is 3.36. The van der Waals surface area contributed by atoms with Crippen molar-refractivity contribution >= 4 is 11.5 Å². The summed E-state index contributed by atoms with van der Waals surface area (Å²) in [5.74, 6) is 3.54. The minimum absolute atomic E-state index is 0.546. The SMILES string of the molecule is CN[C@H]1CCN(c2ccnc(NC3C[C@@H]4C[C@H](C3C)C4(C)C)c2)C1. The van der Waals surface area contributed by atoms with Gasteiger partial charge in [0, 0.05) is 43.1 Å². The quantitative estimate of drug-likeness (QED) is 0.889. The van der Waals surface area contributed by atoms with Crippen LogP contribution in [0.25, 0.3) is 0 Å². The zero-order valence-corrected chi connectivity index (χ0v) is 15.5. The van der Waals surface area contributed by atoms with Crippen LogP contribution in [0.5, 0.6) is 0 Å². The van der Waals surface area contributed by atoms with Crippen molar-refractivity contribution in [3.05, 3.63) is 18.3 Å². The minimum Gasteiger partial charge on any atom is -0.370 e. The van der Waals surface area contributed by atoms with Gasteiger partial charge in [0.25, 0.3) is 0 Å². The second-order valence-corrected chi connectivity index (χ2v) is 8.83. The maximum Gasteiger partial charge on any atom is 0.128 e. The summed E-state index contributed by atoms with van der Waals surface area (Å²) in [6.45, 7) is 9.58. The van der Waals surface area contributed by atoms with Crippen LogP contribution < -0.4 is 15.5 Å². The predicted molar refractivity (Wildman–Crippen MR) is 100 cm³/mol. The average Bonchev–Trinajstić information content (AvgIpc) is 3.05. The summed E-state index contributed by atoms with van der Waals surface area (Å²) in [4.78, 5) is 7.07. The molecular formula is C20H32N4. The summed E-state index contributed by atoms with van der Waals surface area (Å²) >= 11 is 0. The van der Waals surface area contributed by atoms with Crippen LogP contribution in [0, 0.1) is 23.2 Å². The minimum atomic E-state index is 0.546. The number of rotatable bonds is 4. The molecule has 4 heteroatoms. The third kappa shape index (κ3) is 2.59. The van der Waals surface area contributed by atoms with Crippen molar-refractivity contribution in [3.8, 4) is 0 Å². The van der Waals surface area contributed by atoms with Crippen LogP contribution in [0.2, 0.25) is 0 Å². The number of anilines is 2. The lowest BCUT2D eigenvalue weighted by Gasteiger charge is -2.62. The Morgan fingerprint density at radius 2 is 2.12 bits per heavy atom. The average molecular weight is 329 g/mol. The van der Waals surface area contributed by atoms with E-state index in [1.54, 1.807) is 0 Å². The lowest BCUT2D eigenvalue weighted by molar-refractivity contribution is -0.105. The molecule has 4 fully saturated rings. The first-order valence-electron chi connectivity index (χ1n) is 9.64. The van der Waals surface area contributed by atoms with Crippen molar-refractivity contribution in [2.75, 3.05) is 30.4 Å². The molecule has 1 saturated heterocycles. The molecule has 0 radical (unpaired) electrons. The van der Waals surface area contributed by atoms with Gasteiger partial charge in [-0.25, -0.2) is 4.98 Å².